The Morgan fingerprint density at radius 1 is 1.12 bits per heavy atom. The van der Waals surface area contributed by atoms with Gasteiger partial charge in [-0.3, -0.25) is 14.3 Å². The number of methoxy groups -OCH3 is 1. The molecule has 25 heavy (non-hydrogen) atoms. The summed E-state index contributed by atoms with van der Waals surface area (Å²) >= 11 is 1.13. The van der Waals surface area contributed by atoms with E-state index in [2.05, 4.69) is 15.4 Å². The number of hydrogen-bond donors (Lipinski definition) is 3. The van der Waals surface area contributed by atoms with E-state index in [0.29, 0.717) is 21.3 Å². The summed E-state index contributed by atoms with van der Waals surface area (Å²) in [4.78, 5) is 23.7. The van der Waals surface area contributed by atoms with Gasteiger partial charge < -0.3 is 15.4 Å². The van der Waals surface area contributed by atoms with Crippen LogP contribution in [0, 0.1) is 0 Å². The van der Waals surface area contributed by atoms with Crippen molar-refractivity contribution in [3.63, 3.8) is 0 Å². The molecule has 0 saturated carbocycles. The predicted molar refractivity (Wildman–Crippen MR) is 98.0 cm³/mol. The van der Waals surface area contributed by atoms with Crippen molar-refractivity contribution in [2.45, 2.75) is 6.92 Å². The zero-order valence-electron chi connectivity index (χ0n) is 13.7. The molecule has 2 rings (SSSR count). The Hall–Kier alpha value is -2.59. The van der Waals surface area contributed by atoms with Crippen molar-refractivity contribution in [1.29, 1.82) is 0 Å². The predicted octanol–water partition coefficient (Wildman–Crippen LogP) is 2.34. The second-order valence-electron chi connectivity index (χ2n) is 5.09. The Morgan fingerprint density at radius 3 is 2.44 bits per heavy atom. The molecule has 3 N–H and O–H groups in total. The highest BCUT2D eigenvalue weighted by atomic mass is 32.2. The average Bonchev–Trinajstić information content (AvgIpc) is 2.93. The lowest BCUT2D eigenvalue weighted by atomic mass is 10.2. The summed E-state index contributed by atoms with van der Waals surface area (Å²) in [5.74, 6) is -0.273. The maximum absolute atomic E-state index is 12.3. The number of sulfonamides is 1. The van der Waals surface area contributed by atoms with Crippen LogP contribution in [0.2, 0.25) is 0 Å². The lowest BCUT2D eigenvalue weighted by Gasteiger charge is -2.12. The quantitative estimate of drug-likeness (QED) is 0.708. The lowest BCUT2D eigenvalue weighted by Crippen LogP contribution is -2.13. The minimum absolute atomic E-state index is 0.216. The summed E-state index contributed by atoms with van der Waals surface area (Å²) in [5, 5.41) is 5.83. The Kier molecular flexibility index (Phi) is 5.65. The van der Waals surface area contributed by atoms with Crippen LogP contribution in [-0.4, -0.2) is 33.6 Å². The van der Waals surface area contributed by atoms with Crippen LogP contribution in [0.5, 0.6) is 5.75 Å². The number of ether oxygens (including phenoxy) is 1. The van der Waals surface area contributed by atoms with Crippen molar-refractivity contribution in [3.05, 3.63) is 35.2 Å². The van der Waals surface area contributed by atoms with Crippen molar-refractivity contribution < 1.29 is 22.7 Å². The van der Waals surface area contributed by atoms with Gasteiger partial charge in [-0.1, -0.05) is 0 Å². The van der Waals surface area contributed by atoms with Crippen LogP contribution in [0.4, 0.5) is 16.4 Å². The molecule has 0 bridgehead atoms. The Bertz CT molecular complexity index is 906. The normalized spacial score (nSPS) is 10.8. The summed E-state index contributed by atoms with van der Waals surface area (Å²) in [7, 11) is -2.08. The maximum Gasteiger partial charge on any atom is 0.265 e. The van der Waals surface area contributed by atoms with E-state index in [9.17, 15) is 18.0 Å². The molecule has 0 aliphatic rings. The molecular formula is C15H17N3O5S2. The first kappa shape index (κ1) is 18.7. The fourth-order valence-electron chi connectivity index (χ4n) is 1.96. The second kappa shape index (κ2) is 7.53. The highest BCUT2D eigenvalue weighted by molar-refractivity contribution is 7.92. The fraction of sp³-hybridized carbons (Fsp3) is 0.200. The first-order chi connectivity index (χ1) is 11.7. The molecule has 1 heterocycles. The van der Waals surface area contributed by atoms with E-state index in [1.165, 1.54) is 20.1 Å². The molecule has 0 unspecified atom stereocenters. The van der Waals surface area contributed by atoms with E-state index in [0.717, 1.165) is 17.6 Å². The molecule has 0 radical (unpaired) electrons. The molecule has 1 aromatic carbocycles. The van der Waals surface area contributed by atoms with Crippen LogP contribution < -0.4 is 20.1 Å². The van der Waals surface area contributed by atoms with Crippen LogP contribution in [0.3, 0.4) is 0 Å². The van der Waals surface area contributed by atoms with Crippen LogP contribution in [0.1, 0.15) is 16.6 Å². The largest absolute Gasteiger partial charge is 0.495 e. The molecular weight excluding hydrogens is 366 g/mol. The third-order valence-corrected chi connectivity index (χ3v) is 4.47. The van der Waals surface area contributed by atoms with Gasteiger partial charge in [-0.25, -0.2) is 8.42 Å². The van der Waals surface area contributed by atoms with Crippen LogP contribution in [0.25, 0.3) is 0 Å². The summed E-state index contributed by atoms with van der Waals surface area (Å²) < 4.78 is 30.3. The van der Waals surface area contributed by atoms with Crippen molar-refractivity contribution in [2.75, 3.05) is 28.7 Å². The topological polar surface area (TPSA) is 114 Å². The summed E-state index contributed by atoms with van der Waals surface area (Å²) in [6.45, 7) is 1.38. The van der Waals surface area contributed by atoms with Crippen molar-refractivity contribution in [3.8, 4) is 5.75 Å². The molecule has 1 aromatic heterocycles. The third-order valence-electron chi connectivity index (χ3n) is 2.88. The molecule has 2 aromatic rings. The summed E-state index contributed by atoms with van der Waals surface area (Å²) in [6, 6.07) is 7.81. The molecule has 0 fully saturated rings. The Balaban J connectivity index is 2.19. The summed E-state index contributed by atoms with van der Waals surface area (Å²) in [6.07, 6.45) is 1.02. The van der Waals surface area contributed by atoms with Gasteiger partial charge in [0.15, 0.2) is 0 Å². The summed E-state index contributed by atoms with van der Waals surface area (Å²) in [5.41, 5.74) is 0.611. The van der Waals surface area contributed by atoms with Gasteiger partial charge >= 0.3 is 0 Å². The number of hydrogen-bond acceptors (Lipinski definition) is 6. The van der Waals surface area contributed by atoms with Gasteiger partial charge in [-0.15, -0.1) is 11.3 Å². The number of nitrogens with one attached hydrogen (secondary N) is 3. The first-order valence-electron chi connectivity index (χ1n) is 7.02. The Labute approximate surface area is 149 Å². The molecule has 0 saturated heterocycles. The molecule has 0 atom stereocenters. The number of thiophene rings is 1. The zero-order chi connectivity index (χ0) is 18.6. The molecule has 2 amide bonds. The number of carbonyl (C=O) groups is 2. The van der Waals surface area contributed by atoms with Gasteiger partial charge in [0.25, 0.3) is 5.91 Å². The molecule has 0 aliphatic heterocycles. The standard InChI is InChI=1S/C15H17N3O5S2/c1-9(19)16-14-7-6-13(24-14)15(20)17-10-4-5-12(23-2)11(8-10)18-25(3,21)22/h4-8,18H,1-3H3,(H,16,19)(H,17,20). The lowest BCUT2D eigenvalue weighted by molar-refractivity contribution is -0.114. The molecule has 10 heteroatoms. The highest BCUT2D eigenvalue weighted by Crippen LogP contribution is 2.29. The van der Waals surface area contributed by atoms with E-state index in [-0.39, 0.29) is 17.5 Å². The van der Waals surface area contributed by atoms with E-state index >= 15 is 0 Å². The number of anilines is 3. The first-order valence-corrected chi connectivity index (χ1v) is 9.73. The van der Waals surface area contributed by atoms with Crippen molar-refractivity contribution >= 4 is 49.6 Å². The molecule has 0 aliphatic carbocycles. The van der Waals surface area contributed by atoms with Gasteiger partial charge in [-0.05, 0) is 30.3 Å². The SMILES string of the molecule is COc1ccc(NC(=O)c2ccc(NC(C)=O)s2)cc1NS(C)(=O)=O. The zero-order valence-corrected chi connectivity index (χ0v) is 15.4. The average molecular weight is 383 g/mol. The van der Waals surface area contributed by atoms with Gasteiger partial charge in [0.05, 0.1) is 28.9 Å². The highest BCUT2D eigenvalue weighted by Gasteiger charge is 2.13. The van der Waals surface area contributed by atoms with E-state index < -0.39 is 10.0 Å². The van der Waals surface area contributed by atoms with Gasteiger partial charge in [0, 0.05) is 12.6 Å². The van der Waals surface area contributed by atoms with E-state index in [1.807, 2.05) is 0 Å². The van der Waals surface area contributed by atoms with Gasteiger partial charge in [0.1, 0.15) is 5.75 Å². The van der Waals surface area contributed by atoms with Gasteiger partial charge in [0.2, 0.25) is 15.9 Å². The fourth-order valence-corrected chi connectivity index (χ4v) is 3.37. The Morgan fingerprint density at radius 2 is 1.84 bits per heavy atom. The smallest absolute Gasteiger partial charge is 0.265 e. The number of carbonyl (C=O) groups excluding carboxylic acids is 2. The van der Waals surface area contributed by atoms with Crippen LogP contribution in [-0.2, 0) is 14.8 Å². The van der Waals surface area contributed by atoms with E-state index in [1.54, 1.807) is 24.3 Å². The third kappa shape index (κ3) is 5.47. The van der Waals surface area contributed by atoms with Gasteiger partial charge in [-0.2, -0.15) is 0 Å². The minimum atomic E-state index is -3.50. The maximum atomic E-state index is 12.3. The number of amides is 2. The van der Waals surface area contributed by atoms with Crippen LogP contribution in [0.15, 0.2) is 30.3 Å². The molecule has 0 spiro atoms. The number of benzene rings is 1. The van der Waals surface area contributed by atoms with Crippen molar-refractivity contribution in [1.82, 2.24) is 0 Å². The number of rotatable bonds is 6. The van der Waals surface area contributed by atoms with E-state index in [4.69, 9.17) is 4.74 Å². The minimum Gasteiger partial charge on any atom is -0.495 e. The second-order valence-corrected chi connectivity index (χ2v) is 7.92. The van der Waals surface area contributed by atoms with Crippen molar-refractivity contribution in [2.24, 2.45) is 0 Å². The van der Waals surface area contributed by atoms with Crippen LogP contribution >= 0.6 is 11.3 Å². The molecule has 134 valence electrons. The monoisotopic (exact) mass is 383 g/mol. The molecule has 8 nitrogen and oxygen atoms in total.